The van der Waals surface area contributed by atoms with E-state index in [1.54, 1.807) is 33.3 Å². The largest absolute Gasteiger partial charge is 0.493 e. The topological polar surface area (TPSA) is 95.8 Å². The predicted octanol–water partition coefficient (Wildman–Crippen LogP) is 4.64. The van der Waals surface area contributed by atoms with E-state index in [0.29, 0.717) is 28.2 Å². The predicted molar refractivity (Wildman–Crippen MR) is 146 cm³/mol. The second-order valence-corrected chi connectivity index (χ2v) is 8.90. The first-order valence-corrected chi connectivity index (χ1v) is 12.9. The molecule has 1 amide bonds. The zero-order valence-corrected chi connectivity index (χ0v) is 22.2. The van der Waals surface area contributed by atoms with Gasteiger partial charge < -0.3 is 19.1 Å². The van der Waals surface area contributed by atoms with E-state index in [2.05, 4.69) is 10.2 Å². The summed E-state index contributed by atoms with van der Waals surface area (Å²) in [5.41, 5.74) is 2.22. The summed E-state index contributed by atoms with van der Waals surface area (Å²) in [7, 11) is 3.15. The first-order valence-electron chi connectivity index (χ1n) is 11.9. The third-order valence-electron chi connectivity index (χ3n) is 5.58. The lowest BCUT2D eigenvalue weighted by molar-refractivity contribution is -0.142. The highest BCUT2D eigenvalue weighted by Gasteiger charge is 2.23. The zero-order valence-electron chi connectivity index (χ0n) is 21.4. The first kappa shape index (κ1) is 26.7. The van der Waals surface area contributed by atoms with Crippen LogP contribution in [0.4, 0.5) is 5.69 Å². The number of amides is 1. The fourth-order valence-corrected chi connectivity index (χ4v) is 4.63. The number of methoxy groups -OCH3 is 2. The average molecular weight is 533 g/mol. The molecule has 0 saturated heterocycles. The van der Waals surface area contributed by atoms with E-state index in [9.17, 15) is 9.59 Å². The van der Waals surface area contributed by atoms with Gasteiger partial charge in [-0.1, -0.05) is 48.2 Å². The molecule has 10 heteroatoms. The van der Waals surface area contributed by atoms with Crippen molar-refractivity contribution in [2.45, 2.75) is 12.1 Å². The first-order chi connectivity index (χ1) is 18.5. The molecular formula is C28H28N4O5S. The molecule has 0 aliphatic carbocycles. The van der Waals surface area contributed by atoms with Crippen LogP contribution in [-0.4, -0.2) is 59.8 Å². The van der Waals surface area contributed by atoms with E-state index in [1.165, 1.54) is 16.7 Å². The van der Waals surface area contributed by atoms with Crippen LogP contribution in [-0.2, 0) is 14.3 Å². The molecule has 0 saturated carbocycles. The summed E-state index contributed by atoms with van der Waals surface area (Å²) in [4.78, 5) is 27.0. The van der Waals surface area contributed by atoms with Gasteiger partial charge in [0.15, 0.2) is 22.5 Å². The van der Waals surface area contributed by atoms with Crippen molar-refractivity contribution in [1.82, 2.24) is 14.8 Å². The van der Waals surface area contributed by atoms with Crippen molar-refractivity contribution in [2.75, 3.05) is 38.0 Å². The number of benzene rings is 3. The molecule has 196 valence electrons. The molecule has 0 atom stereocenters. The fourth-order valence-electron chi connectivity index (χ4n) is 3.81. The Balaban J connectivity index is 1.65. The van der Waals surface area contributed by atoms with Gasteiger partial charge in [0.2, 0.25) is 5.91 Å². The number of carbonyl (C=O) groups is 2. The number of para-hydroxylation sites is 2. The van der Waals surface area contributed by atoms with E-state index in [4.69, 9.17) is 14.2 Å². The van der Waals surface area contributed by atoms with Crippen molar-refractivity contribution in [3.8, 4) is 28.6 Å². The number of carbonyl (C=O) groups excluding carboxylic acids is 2. The monoisotopic (exact) mass is 532 g/mol. The number of anilines is 1. The summed E-state index contributed by atoms with van der Waals surface area (Å²) in [6.45, 7) is 1.79. The lowest BCUT2D eigenvalue weighted by Crippen LogP contribution is -2.37. The maximum absolute atomic E-state index is 13.3. The Bertz CT molecular complexity index is 1380. The van der Waals surface area contributed by atoms with Crippen LogP contribution < -0.4 is 14.4 Å². The van der Waals surface area contributed by atoms with Crippen LogP contribution in [0.1, 0.15) is 6.92 Å². The second-order valence-electron chi connectivity index (χ2n) is 7.96. The highest BCUT2D eigenvalue weighted by atomic mass is 32.2. The van der Waals surface area contributed by atoms with Gasteiger partial charge in [-0.2, -0.15) is 0 Å². The highest BCUT2D eigenvalue weighted by molar-refractivity contribution is 7.99. The van der Waals surface area contributed by atoms with Crippen molar-refractivity contribution in [1.29, 1.82) is 0 Å². The molecule has 0 spiro atoms. The quantitative estimate of drug-likeness (QED) is 0.204. The van der Waals surface area contributed by atoms with E-state index in [-0.39, 0.29) is 24.8 Å². The summed E-state index contributed by atoms with van der Waals surface area (Å²) < 4.78 is 17.8. The third kappa shape index (κ3) is 6.15. The maximum atomic E-state index is 13.3. The fraction of sp³-hybridized carbons (Fsp3) is 0.214. The summed E-state index contributed by atoms with van der Waals surface area (Å²) in [6.07, 6.45) is 0. The Kier molecular flexibility index (Phi) is 8.99. The Hall–Kier alpha value is -4.31. The number of ether oxygens (including phenoxy) is 3. The minimum atomic E-state index is -0.474. The lowest BCUT2D eigenvalue weighted by atomic mass is 10.2. The molecule has 0 unspecified atom stereocenters. The number of hydrogen-bond acceptors (Lipinski definition) is 8. The van der Waals surface area contributed by atoms with E-state index < -0.39 is 5.97 Å². The molecule has 0 radical (unpaired) electrons. The lowest BCUT2D eigenvalue weighted by Gasteiger charge is -2.21. The van der Waals surface area contributed by atoms with Gasteiger partial charge in [0.1, 0.15) is 6.54 Å². The normalized spacial score (nSPS) is 10.6. The maximum Gasteiger partial charge on any atom is 0.326 e. The number of esters is 1. The van der Waals surface area contributed by atoms with Gasteiger partial charge in [0.25, 0.3) is 0 Å². The molecule has 1 heterocycles. The van der Waals surface area contributed by atoms with E-state index >= 15 is 0 Å². The molecule has 0 aliphatic rings. The van der Waals surface area contributed by atoms with Gasteiger partial charge in [0, 0.05) is 16.9 Å². The van der Waals surface area contributed by atoms with Crippen molar-refractivity contribution < 1.29 is 23.8 Å². The van der Waals surface area contributed by atoms with Gasteiger partial charge in [0.05, 0.1) is 26.6 Å². The van der Waals surface area contributed by atoms with Crippen LogP contribution >= 0.6 is 11.8 Å². The molecule has 9 nitrogen and oxygen atoms in total. The minimum absolute atomic E-state index is 0.0329. The molecule has 4 rings (SSSR count). The van der Waals surface area contributed by atoms with Crippen LogP contribution in [0.5, 0.6) is 11.5 Å². The molecule has 0 N–H and O–H groups in total. The van der Waals surface area contributed by atoms with Crippen LogP contribution in [0.25, 0.3) is 17.1 Å². The minimum Gasteiger partial charge on any atom is -0.493 e. The summed E-state index contributed by atoms with van der Waals surface area (Å²) in [5, 5.41) is 9.37. The smallest absolute Gasteiger partial charge is 0.326 e. The van der Waals surface area contributed by atoms with Gasteiger partial charge in [-0.25, -0.2) is 0 Å². The molecule has 0 fully saturated rings. The summed E-state index contributed by atoms with van der Waals surface area (Å²) in [6, 6.07) is 24.2. The van der Waals surface area contributed by atoms with Gasteiger partial charge >= 0.3 is 5.97 Å². The molecular weight excluding hydrogens is 504 g/mol. The Morgan fingerprint density at radius 1 is 0.895 bits per heavy atom. The Labute approximate surface area is 225 Å². The van der Waals surface area contributed by atoms with Gasteiger partial charge in [-0.05, 0) is 49.4 Å². The van der Waals surface area contributed by atoms with Gasteiger partial charge in [-0.3, -0.25) is 14.2 Å². The SMILES string of the molecule is CCOC(=O)CN(C(=O)CSc1nnc(-c2ccc(OC)c(OC)c2)n1-c1ccccc1)c1ccccc1. The molecule has 4 aromatic rings. The highest BCUT2D eigenvalue weighted by Crippen LogP contribution is 2.34. The Morgan fingerprint density at radius 2 is 1.58 bits per heavy atom. The molecule has 3 aromatic carbocycles. The van der Waals surface area contributed by atoms with Crippen LogP contribution in [0.15, 0.2) is 84.0 Å². The number of nitrogens with zero attached hydrogens (tertiary/aromatic N) is 4. The number of rotatable bonds is 11. The van der Waals surface area contributed by atoms with Crippen LogP contribution in [0.2, 0.25) is 0 Å². The van der Waals surface area contributed by atoms with Crippen molar-refractivity contribution in [2.24, 2.45) is 0 Å². The van der Waals surface area contributed by atoms with Crippen LogP contribution in [0, 0.1) is 0 Å². The molecule has 38 heavy (non-hydrogen) atoms. The Morgan fingerprint density at radius 3 is 2.24 bits per heavy atom. The standard InChI is InChI=1S/C28H28N4O5S/c1-4-37-26(34)18-31(21-11-7-5-8-12-21)25(33)19-38-28-30-29-27(32(28)22-13-9-6-10-14-22)20-15-16-23(35-2)24(17-20)36-3/h5-17H,4,18-19H2,1-3H3. The number of hydrogen-bond donors (Lipinski definition) is 0. The summed E-state index contributed by atoms with van der Waals surface area (Å²) in [5.74, 6) is 1.05. The third-order valence-corrected chi connectivity index (χ3v) is 6.49. The van der Waals surface area contributed by atoms with Crippen molar-refractivity contribution in [3.63, 3.8) is 0 Å². The van der Waals surface area contributed by atoms with E-state index in [1.807, 2.05) is 71.3 Å². The molecule has 0 aliphatic heterocycles. The molecule has 1 aromatic heterocycles. The van der Waals surface area contributed by atoms with Gasteiger partial charge in [-0.15, -0.1) is 10.2 Å². The summed E-state index contributed by atoms with van der Waals surface area (Å²) >= 11 is 1.24. The number of thioether (sulfide) groups is 1. The average Bonchev–Trinajstić information content (AvgIpc) is 3.39. The van der Waals surface area contributed by atoms with E-state index in [0.717, 1.165) is 11.3 Å². The zero-order chi connectivity index (χ0) is 26.9. The van der Waals surface area contributed by atoms with Crippen LogP contribution in [0.3, 0.4) is 0 Å². The van der Waals surface area contributed by atoms with Crippen molar-refractivity contribution >= 4 is 29.3 Å². The second kappa shape index (κ2) is 12.8. The molecule has 0 bridgehead atoms. The number of aromatic nitrogens is 3. The van der Waals surface area contributed by atoms with Crippen molar-refractivity contribution in [3.05, 3.63) is 78.9 Å².